The zero-order valence-electron chi connectivity index (χ0n) is 13.9. The molecule has 0 spiro atoms. The molecule has 26 heavy (non-hydrogen) atoms. The number of nitrogens with one attached hydrogen (secondary N) is 1. The molecule has 0 radical (unpaired) electrons. The summed E-state index contributed by atoms with van der Waals surface area (Å²) >= 11 is 3.40. The summed E-state index contributed by atoms with van der Waals surface area (Å²) in [6, 6.07) is 4.40. The van der Waals surface area contributed by atoms with E-state index in [9.17, 15) is 9.59 Å². The van der Waals surface area contributed by atoms with Crippen LogP contribution in [0.5, 0.6) is 5.75 Å². The Hall–Kier alpha value is -2.88. The third kappa shape index (κ3) is 3.27. The van der Waals surface area contributed by atoms with Crippen molar-refractivity contribution < 1.29 is 24.2 Å². The van der Waals surface area contributed by atoms with Crippen LogP contribution in [0.1, 0.15) is 18.5 Å². The number of carboxylic acids is 1. The largest absolute Gasteiger partial charge is 0.482 e. The first-order chi connectivity index (χ1) is 12.4. The van der Waals surface area contributed by atoms with Crippen LogP contribution < -0.4 is 10.1 Å². The molecule has 2 aromatic rings. The van der Waals surface area contributed by atoms with Crippen molar-refractivity contribution in [3.8, 4) is 5.75 Å². The van der Waals surface area contributed by atoms with Crippen LogP contribution in [0, 0.1) is 0 Å². The lowest BCUT2D eigenvalue weighted by Gasteiger charge is -2.29. The van der Waals surface area contributed by atoms with E-state index in [0.717, 1.165) is 4.47 Å². The normalized spacial score (nSPS) is 15.9. The highest BCUT2D eigenvalue weighted by Gasteiger charge is 2.36. The SMILES string of the molecule is COC(=O)C1=C(C)Nc2ncnn2C1c1cc(Br)ccc1OCC(=O)O. The fraction of sp³-hybridized carbons (Fsp3) is 0.250. The summed E-state index contributed by atoms with van der Waals surface area (Å²) in [6.07, 6.45) is 1.36. The van der Waals surface area contributed by atoms with Crippen LogP contribution >= 0.6 is 15.9 Å². The molecule has 9 nitrogen and oxygen atoms in total. The molecule has 3 rings (SSSR count). The first-order valence-corrected chi connectivity index (χ1v) is 8.31. The number of esters is 1. The number of benzene rings is 1. The maximum atomic E-state index is 12.4. The van der Waals surface area contributed by atoms with E-state index in [1.807, 2.05) is 0 Å². The summed E-state index contributed by atoms with van der Waals surface area (Å²) in [5, 5.41) is 16.1. The van der Waals surface area contributed by atoms with Crippen LogP contribution in [0.4, 0.5) is 5.95 Å². The number of fused-ring (bicyclic) bond motifs is 1. The van der Waals surface area contributed by atoms with Gasteiger partial charge in [0.1, 0.15) is 18.1 Å². The Morgan fingerprint density at radius 1 is 1.42 bits per heavy atom. The molecule has 0 amide bonds. The number of carbonyl (C=O) groups is 2. The summed E-state index contributed by atoms with van der Waals surface area (Å²) in [4.78, 5) is 27.5. The lowest BCUT2D eigenvalue weighted by atomic mass is 9.95. The molecule has 2 N–H and O–H groups in total. The number of anilines is 1. The van der Waals surface area contributed by atoms with E-state index in [4.69, 9.17) is 14.6 Å². The third-order valence-electron chi connectivity index (χ3n) is 3.82. The topological polar surface area (TPSA) is 116 Å². The highest BCUT2D eigenvalue weighted by atomic mass is 79.9. The van der Waals surface area contributed by atoms with E-state index < -0.39 is 24.6 Å². The number of carbonyl (C=O) groups excluding carboxylic acids is 1. The monoisotopic (exact) mass is 422 g/mol. The van der Waals surface area contributed by atoms with Gasteiger partial charge in [-0.15, -0.1) is 0 Å². The highest BCUT2D eigenvalue weighted by Crippen LogP contribution is 2.40. The number of rotatable bonds is 5. The van der Waals surface area contributed by atoms with Gasteiger partial charge in [-0.1, -0.05) is 15.9 Å². The number of allylic oxidation sites excluding steroid dienone is 1. The van der Waals surface area contributed by atoms with Crippen molar-refractivity contribution >= 4 is 33.8 Å². The predicted molar refractivity (Wildman–Crippen MR) is 93.8 cm³/mol. The summed E-state index contributed by atoms with van der Waals surface area (Å²) in [7, 11) is 1.29. The molecule has 0 aliphatic carbocycles. The molecule has 1 aliphatic rings. The summed E-state index contributed by atoms with van der Waals surface area (Å²) in [6.45, 7) is 1.22. The first kappa shape index (κ1) is 17.9. The van der Waals surface area contributed by atoms with E-state index in [1.165, 1.54) is 18.1 Å². The fourth-order valence-electron chi connectivity index (χ4n) is 2.76. The molecular formula is C16H15BrN4O5. The Morgan fingerprint density at radius 2 is 2.19 bits per heavy atom. The summed E-state index contributed by atoms with van der Waals surface area (Å²) in [5.41, 5.74) is 1.43. The van der Waals surface area contributed by atoms with Gasteiger partial charge in [0, 0.05) is 15.7 Å². The minimum absolute atomic E-state index is 0.318. The molecule has 0 bridgehead atoms. The maximum Gasteiger partial charge on any atom is 0.341 e. The van der Waals surface area contributed by atoms with Gasteiger partial charge >= 0.3 is 11.9 Å². The maximum absolute atomic E-state index is 12.4. The van der Waals surface area contributed by atoms with Crippen LogP contribution in [0.15, 0.2) is 40.3 Å². The number of hydrogen-bond donors (Lipinski definition) is 2. The molecule has 1 aliphatic heterocycles. The van der Waals surface area contributed by atoms with Gasteiger partial charge in [0.2, 0.25) is 5.95 Å². The molecule has 10 heteroatoms. The van der Waals surface area contributed by atoms with Gasteiger partial charge < -0.3 is 19.9 Å². The quantitative estimate of drug-likeness (QED) is 0.702. The minimum Gasteiger partial charge on any atom is -0.482 e. The zero-order chi connectivity index (χ0) is 18.8. The molecule has 1 atom stereocenters. The summed E-state index contributed by atoms with van der Waals surface area (Å²) < 4.78 is 12.6. The number of aromatic nitrogens is 3. The van der Waals surface area contributed by atoms with Gasteiger partial charge in [-0.25, -0.2) is 14.3 Å². The predicted octanol–water partition coefficient (Wildman–Crippen LogP) is 1.97. The third-order valence-corrected chi connectivity index (χ3v) is 4.31. The van der Waals surface area contributed by atoms with Crippen LogP contribution in [0.25, 0.3) is 0 Å². The average molecular weight is 423 g/mol. The van der Waals surface area contributed by atoms with Crippen LogP contribution in [0.3, 0.4) is 0 Å². The second-order valence-electron chi connectivity index (χ2n) is 5.45. The van der Waals surface area contributed by atoms with Crippen molar-refractivity contribution in [2.75, 3.05) is 19.0 Å². The lowest BCUT2D eigenvalue weighted by molar-refractivity contribution is -0.139. The van der Waals surface area contributed by atoms with Crippen molar-refractivity contribution in [2.45, 2.75) is 13.0 Å². The minimum atomic E-state index is -1.11. The second-order valence-corrected chi connectivity index (χ2v) is 6.37. The van der Waals surface area contributed by atoms with E-state index in [-0.39, 0.29) is 0 Å². The first-order valence-electron chi connectivity index (χ1n) is 7.52. The van der Waals surface area contributed by atoms with Gasteiger partial charge in [-0.3, -0.25) is 0 Å². The van der Waals surface area contributed by atoms with E-state index >= 15 is 0 Å². The molecule has 1 unspecified atom stereocenters. The molecule has 0 fully saturated rings. The smallest absolute Gasteiger partial charge is 0.341 e. The average Bonchev–Trinajstić information content (AvgIpc) is 3.06. The van der Waals surface area contributed by atoms with Crippen molar-refractivity contribution in [1.29, 1.82) is 0 Å². The number of nitrogens with zero attached hydrogens (tertiary/aromatic N) is 3. The number of halogens is 1. The highest BCUT2D eigenvalue weighted by molar-refractivity contribution is 9.10. The Bertz CT molecular complexity index is 908. The number of carboxylic acid groups (broad SMARTS) is 1. The van der Waals surface area contributed by atoms with Crippen molar-refractivity contribution in [2.24, 2.45) is 0 Å². The Kier molecular flexibility index (Phi) is 4.94. The van der Waals surface area contributed by atoms with E-state index in [0.29, 0.717) is 28.5 Å². The van der Waals surface area contributed by atoms with Crippen molar-refractivity contribution in [3.05, 3.63) is 45.8 Å². The van der Waals surface area contributed by atoms with Gasteiger partial charge in [-0.2, -0.15) is 10.1 Å². The van der Waals surface area contributed by atoms with Gasteiger partial charge in [0.15, 0.2) is 6.61 Å². The van der Waals surface area contributed by atoms with Crippen LogP contribution in [-0.2, 0) is 14.3 Å². The van der Waals surface area contributed by atoms with Crippen LogP contribution in [0.2, 0.25) is 0 Å². The standard InChI is InChI=1S/C16H15BrN4O5/c1-8-13(15(24)25-2)14(21-16(20-8)18-7-19-21)10-5-9(17)3-4-11(10)26-6-12(22)23/h3-5,7,14H,6H2,1-2H3,(H,22,23)(H,18,19,20). The Balaban J connectivity index is 2.18. The molecule has 0 saturated carbocycles. The van der Waals surface area contributed by atoms with Crippen molar-refractivity contribution in [1.82, 2.24) is 14.8 Å². The second kappa shape index (κ2) is 7.16. The summed E-state index contributed by atoms with van der Waals surface area (Å²) in [5.74, 6) is -0.877. The molecule has 1 aromatic heterocycles. The Morgan fingerprint density at radius 3 is 2.88 bits per heavy atom. The molecular weight excluding hydrogens is 408 g/mol. The Labute approximate surface area is 156 Å². The molecule has 1 aromatic carbocycles. The zero-order valence-corrected chi connectivity index (χ0v) is 15.5. The van der Waals surface area contributed by atoms with Crippen molar-refractivity contribution in [3.63, 3.8) is 0 Å². The number of aliphatic carboxylic acids is 1. The van der Waals surface area contributed by atoms with Gasteiger partial charge in [0.25, 0.3) is 0 Å². The number of hydrogen-bond acceptors (Lipinski definition) is 7. The van der Waals surface area contributed by atoms with Gasteiger partial charge in [-0.05, 0) is 25.1 Å². The molecule has 136 valence electrons. The van der Waals surface area contributed by atoms with Gasteiger partial charge in [0.05, 0.1) is 12.7 Å². The van der Waals surface area contributed by atoms with Crippen LogP contribution in [-0.4, -0.2) is 45.5 Å². The molecule has 0 saturated heterocycles. The lowest BCUT2D eigenvalue weighted by Crippen LogP contribution is -2.29. The number of ether oxygens (including phenoxy) is 2. The number of methoxy groups -OCH3 is 1. The molecule has 2 heterocycles. The fourth-order valence-corrected chi connectivity index (χ4v) is 3.14. The van der Waals surface area contributed by atoms with E-state index in [2.05, 4.69) is 31.3 Å². The van der Waals surface area contributed by atoms with E-state index in [1.54, 1.807) is 25.1 Å².